The highest BCUT2D eigenvalue weighted by molar-refractivity contribution is 7.89. The Bertz CT molecular complexity index is 1580. The van der Waals surface area contributed by atoms with Crippen molar-refractivity contribution in [1.29, 1.82) is 0 Å². The zero-order valence-electron chi connectivity index (χ0n) is 22.6. The van der Waals surface area contributed by atoms with E-state index < -0.39 is 22.6 Å². The lowest BCUT2D eigenvalue weighted by Crippen LogP contribution is -2.57. The number of aromatic nitrogens is 1. The summed E-state index contributed by atoms with van der Waals surface area (Å²) in [5, 5.41) is 4.08. The number of benzene rings is 2. The first-order valence-corrected chi connectivity index (χ1v) is 15.6. The molecule has 41 heavy (non-hydrogen) atoms. The molecular weight excluding hydrogens is 589 g/mol. The Morgan fingerprint density at radius 3 is 2.39 bits per heavy atom. The summed E-state index contributed by atoms with van der Waals surface area (Å²) < 4.78 is 27.7. The summed E-state index contributed by atoms with van der Waals surface area (Å²) in [5.41, 5.74) is 1.22. The van der Waals surface area contributed by atoms with Crippen LogP contribution in [0.1, 0.15) is 37.2 Å². The van der Waals surface area contributed by atoms with Crippen LogP contribution in [0, 0.1) is 5.92 Å². The lowest BCUT2D eigenvalue weighted by Gasteiger charge is -2.36. The molecule has 2 bridgehead atoms. The fraction of sp³-hybridized carbons (Fsp3) is 0.393. The van der Waals surface area contributed by atoms with E-state index in [1.807, 2.05) is 38.1 Å². The van der Waals surface area contributed by atoms with Gasteiger partial charge in [0.1, 0.15) is 16.6 Å². The Balaban J connectivity index is 1.20. The van der Waals surface area contributed by atoms with Gasteiger partial charge in [-0.1, -0.05) is 55.2 Å². The number of carbonyl (C=O) groups is 3. The van der Waals surface area contributed by atoms with E-state index in [9.17, 15) is 22.8 Å². The zero-order valence-corrected chi connectivity index (χ0v) is 24.9. The monoisotopic (exact) mass is 619 g/mol. The van der Waals surface area contributed by atoms with Crippen LogP contribution in [0.4, 0.5) is 0 Å². The third kappa shape index (κ3) is 6.23. The molecule has 13 heteroatoms. The summed E-state index contributed by atoms with van der Waals surface area (Å²) in [6.07, 6.45) is 1.06. The molecule has 3 heterocycles. The minimum atomic E-state index is -4.03. The second-order valence-corrected chi connectivity index (χ2v) is 13.5. The number of likely N-dealkylation sites (tertiary alicyclic amines) is 2. The number of rotatable bonds is 9. The van der Waals surface area contributed by atoms with Crippen LogP contribution in [0.25, 0.3) is 10.9 Å². The zero-order chi connectivity index (χ0) is 29.5. The largest absolute Gasteiger partial charge is 0.351 e. The molecule has 5 rings (SSSR count). The van der Waals surface area contributed by atoms with E-state index in [0.717, 1.165) is 10.9 Å². The van der Waals surface area contributed by atoms with Crippen molar-refractivity contribution in [3.8, 4) is 0 Å². The van der Waals surface area contributed by atoms with E-state index >= 15 is 0 Å². The highest BCUT2D eigenvalue weighted by Gasteiger charge is 2.48. The molecule has 0 saturated carbocycles. The maximum Gasteiger partial charge on any atom is 0.268 e. The molecule has 3 atom stereocenters. The molecule has 2 saturated heterocycles. The van der Waals surface area contributed by atoms with Gasteiger partial charge in [-0.25, -0.2) is 13.1 Å². The van der Waals surface area contributed by atoms with Crippen molar-refractivity contribution < 1.29 is 22.8 Å². The average molecular weight is 621 g/mol. The maximum absolute atomic E-state index is 13.6. The van der Waals surface area contributed by atoms with Crippen molar-refractivity contribution in [2.24, 2.45) is 5.92 Å². The molecule has 0 spiro atoms. The van der Waals surface area contributed by atoms with Crippen molar-refractivity contribution in [1.82, 2.24) is 24.8 Å². The molecule has 2 fully saturated rings. The number of halogens is 2. The number of aromatic amines is 1. The van der Waals surface area contributed by atoms with Crippen LogP contribution in [0.15, 0.2) is 53.4 Å². The van der Waals surface area contributed by atoms with E-state index in [1.165, 1.54) is 18.2 Å². The van der Waals surface area contributed by atoms with E-state index in [1.54, 1.807) is 15.9 Å². The van der Waals surface area contributed by atoms with Gasteiger partial charge in [0, 0.05) is 29.0 Å². The number of hydrogen-bond donors (Lipinski definition) is 3. The molecular formula is C28H31Cl2N5O5S. The number of para-hydroxylation sites is 1. The van der Waals surface area contributed by atoms with Crippen LogP contribution in [0.3, 0.4) is 0 Å². The summed E-state index contributed by atoms with van der Waals surface area (Å²) in [6.45, 7) is 4.16. The predicted octanol–water partition coefficient (Wildman–Crippen LogP) is 3.41. The summed E-state index contributed by atoms with van der Waals surface area (Å²) in [6, 6.07) is 12.2. The number of nitrogens with one attached hydrogen (secondary N) is 3. The molecule has 3 amide bonds. The molecule has 218 valence electrons. The van der Waals surface area contributed by atoms with Gasteiger partial charge in [0.25, 0.3) is 5.91 Å². The lowest BCUT2D eigenvalue weighted by molar-refractivity contribution is -0.140. The van der Waals surface area contributed by atoms with E-state index in [2.05, 4.69) is 15.0 Å². The Kier molecular flexibility index (Phi) is 8.34. The van der Waals surface area contributed by atoms with Gasteiger partial charge in [-0.05, 0) is 49.1 Å². The highest BCUT2D eigenvalue weighted by Crippen LogP contribution is 2.32. The topological polar surface area (TPSA) is 132 Å². The van der Waals surface area contributed by atoms with Gasteiger partial charge in [0.15, 0.2) is 0 Å². The first kappa shape index (κ1) is 29.4. The number of carbonyl (C=O) groups excluding carboxylic acids is 3. The van der Waals surface area contributed by atoms with Gasteiger partial charge >= 0.3 is 0 Å². The fourth-order valence-electron chi connectivity index (χ4n) is 5.60. The van der Waals surface area contributed by atoms with Crippen molar-refractivity contribution in [2.45, 2.75) is 49.7 Å². The van der Waals surface area contributed by atoms with Crippen molar-refractivity contribution in [3.63, 3.8) is 0 Å². The minimum absolute atomic E-state index is 0.0422. The standard InChI is InChI=1S/C28H31Cl2N5O5S/c1-16(2)9-24(33-27(37)23-10-17-5-3-4-6-22(17)32-23)28(38)35-15-19-12-20(35)14-34(19)26(36)13-31-41(39,40)25-8-7-18(29)11-21(25)30/h3-8,10-11,16,19-20,24,31-32H,9,12-15H2,1-2H3,(H,33,37)/t19-,20-,24?/m0/s1. The number of sulfonamides is 1. The fourth-order valence-corrected chi connectivity index (χ4v) is 7.34. The summed E-state index contributed by atoms with van der Waals surface area (Å²) in [5.74, 6) is -0.758. The smallest absolute Gasteiger partial charge is 0.268 e. The number of fused-ring (bicyclic) bond motifs is 3. The Morgan fingerprint density at radius 1 is 1.02 bits per heavy atom. The maximum atomic E-state index is 13.6. The predicted molar refractivity (Wildman–Crippen MR) is 156 cm³/mol. The molecule has 2 aromatic carbocycles. The molecule has 1 unspecified atom stereocenters. The third-order valence-corrected chi connectivity index (χ3v) is 9.65. The summed E-state index contributed by atoms with van der Waals surface area (Å²) in [4.78, 5) is 46.0. The number of piperazine rings is 1. The van der Waals surface area contributed by atoms with Crippen LogP contribution in [0.5, 0.6) is 0 Å². The van der Waals surface area contributed by atoms with Gasteiger partial charge < -0.3 is 20.1 Å². The molecule has 10 nitrogen and oxygen atoms in total. The molecule has 2 aliphatic rings. The van der Waals surface area contributed by atoms with Crippen LogP contribution in [0.2, 0.25) is 10.0 Å². The average Bonchev–Trinajstić information content (AvgIpc) is 3.65. The first-order chi connectivity index (χ1) is 19.4. The Labute approximate surface area is 248 Å². The number of nitrogens with zero attached hydrogens (tertiary/aromatic N) is 2. The van der Waals surface area contributed by atoms with Crippen molar-refractivity contribution >= 4 is 61.8 Å². The molecule has 0 radical (unpaired) electrons. The van der Waals surface area contributed by atoms with Crippen molar-refractivity contribution in [2.75, 3.05) is 19.6 Å². The van der Waals surface area contributed by atoms with Gasteiger partial charge in [-0.2, -0.15) is 0 Å². The van der Waals surface area contributed by atoms with Gasteiger partial charge in [0.05, 0.1) is 23.7 Å². The Morgan fingerprint density at radius 2 is 1.73 bits per heavy atom. The number of H-pyrrole nitrogens is 1. The molecule has 3 aromatic rings. The SMILES string of the molecule is CC(C)CC(NC(=O)c1cc2ccccc2[nH]1)C(=O)N1C[C@@H]2C[C@H]1CN2C(=O)CNS(=O)(=O)c1ccc(Cl)cc1Cl. The van der Waals surface area contributed by atoms with E-state index in [0.29, 0.717) is 36.6 Å². The summed E-state index contributed by atoms with van der Waals surface area (Å²) in [7, 11) is -4.03. The number of amides is 3. The normalized spacial score (nSPS) is 19.2. The molecule has 3 N–H and O–H groups in total. The third-order valence-electron chi connectivity index (χ3n) is 7.53. The quantitative estimate of drug-likeness (QED) is 0.338. The lowest BCUT2D eigenvalue weighted by atomic mass is 10.0. The molecule has 2 aliphatic heterocycles. The second kappa shape index (κ2) is 11.6. The highest BCUT2D eigenvalue weighted by atomic mass is 35.5. The second-order valence-electron chi connectivity index (χ2n) is 10.9. The first-order valence-electron chi connectivity index (χ1n) is 13.4. The number of hydrogen-bond acceptors (Lipinski definition) is 5. The molecule has 0 aliphatic carbocycles. The van der Waals surface area contributed by atoms with Crippen LogP contribution in [-0.2, 0) is 19.6 Å². The van der Waals surface area contributed by atoms with Gasteiger partial charge in [-0.15, -0.1) is 0 Å². The van der Waals surface area contributed by atoms with Gasteiger partial charge in [-0.3, -0.25) is 14.4 Å². The van der Waals surface area contributed by atoms with Crippen molar-refractivity contribution in [3.05, 3.63) is 64.3 Å². The van der Waals surface area contributed by atoms with Crippen LogP contribution < -0.4 is 10.0 Å². The van der Waals surface area contributed by atoms with E-state index in [4.69, 9.17) is 23.2 Å². The van der Waals surface area contributed by atoms with E-state index in [-0.39, 0.29) is 45.6 Å². The van der Waals surface area contributed by atoms with Crippen LogP contribution >= 0.6 is 23.2 Å². The van der Waals surface area contributed by atoms with Crippen LogP contribution in [-0.4, -0.2) is 78.7 Å². The minimum Gasteiger partial charge on any atom is -0.351 e. The molecule has 1 aromatic heterocycles. The van der Waals surface area contributed by atoms with Gasteiger partial charge in [0.2, 0.25) is 21.8 Å². The summed E-state index contributed by atoms with van der Waals surface area (Å²) >= 11 is 11.9. The Hall–Kier alpha value is -3.12.